The smallest absolute Gasteiger partial charge is 0.123 e. The summed E-state index contributed by atoms with van der Waals surface area (Å²) in [4.78, 5) is 0.0987. The van der Waals surface area contributed by atoms with Crippen LogP contribution in [0.3, 0.4) is 0 Å². The summed E-state index contributed by atoms with van der Waals surface area (Å²) in [6.45, 7) is 0.779. The van der Waals surface area contributed by atoms with Crippen LogP contribution in [-0.2, 0) is 16.6 Å². The molecule has 0 saturated carbocycles. The van der Waals surface area contributed by atoms with E-state index in [0.717, 1.165) is 18.2 Å². The van der Waals surface area contributed by atoms with Crippen LogP contribution in [0.4, 0.5) is 10.1 Å². The number of hydrogen-bond donors (Lipinski definition) is 1. The zero-order valence-electron chi connectivity index (χ0n) is 11.0. The van der Waals surface area contributed by atoms with Gasteiger partial charge in [-0.15, -0.1) is 5.69 Å². The van der Waals surface area contributed by atoms with Crippen molar-refractivity contribution in [2.24, 2.45) is 0 Å². The van der Waals surface area contributed by atoms with Crippen LogP contribution in [-0.4, -0.2) is 15.5 Å². The van der Waals surface area contributed by atoms with Crippen LogP contribution in [0.25, 0.3) is 4.72 Å². The van der Waals surface area contributed by atoms with Gasteiger partial charge >= 0.3 is 0 Å². The molecule has 0 aliphatic rings. The SMILES string of the molecule is C[NH2+]Cc1ccc(S(=O)(=O)[N-]c2cccc(F)c2)cc1. The largest absolute Gasteiger partial charge is 0.573 e. The van der Waals surface area contributed by atoms with E-state index in [0.29, 0.717) is 0 Å². The van der Waals surface area contributed by atoms with Gasteiger partial charge in [-0.3, -0.25) is 0 Å². The Bertz CT molecular complexity index is 685. The fraction of sp³-hybridized carbons (Fsp3) is 0.143. The van der Waals surface area contributed by atoms with Crippen LogP contribution in [0.1, 0.15) is 5.56 Å². The lowest BCUT2D eigenvalue weighted by atomic mass is 10.2. The molecule has 0 atom stereocenters. The zero-order valence-corrected chi connectivity index (χ0v) is 11.8. The molecule has 2 aromatic carbocycles. The van der Waals surface area contributed by atoms with Crippen molar-refractivity contribution in [1.29, 1.82) is 0 Å². The zero-order chi connectivity index (χ0) is 14.6. The quantitative estimate of drug-likeness (QED) is 0.915. The van der Waals surface area contributed by atoms with Gasteiger partial charge < -0.3 is 10.0 Å². The molecule has 2 N–H and O–H groups in total. The first-order valence-corrected chi connectivity index (χ1v) is 7.55. The van der Waals surface area contributed by atoms with Gasteiger partial charge in [0.05, 0.1) is 11.9 Å². The Hall–Kier alpha value is -1.92. The topological polar surface area (TPSA) is 64.8 Å². The molecule has 0 spiro atoms. The molecule has 0 heterocycles. The highest BCUT2D eigenvalue weighted by Gasteiger charge is 2.05. The van der Waals surface area contributed by atoms with Crippen molar-refractivity contribution in [2.45, 2.75) is 11.4 Å². The first-order valence-electron chi connectivity index (χ1n) is 6.11. The van der Waals surface area contributed by atoms with Gasteiger partial charge in [0.25, 0.3) is 0 Å². The Labute approximate surface area is 117 Å². The van der Waals surface area contributed by atoms with E-state index in [9.17, 15) is 12.8 Å². The molecule has 2 aromatic rings. The molecule has 2 rings (SSSR count). The Kier molecular flexibility index (Phi) is 4.36. The minimum absolute atomic E-state index is 0.0796. The summed E-state index contributed by atoms with van der Waals surface area (Å²) in [5.74, 6) is -0.518. The standard InChI is InChI=1S/C14H14FN2O2S/c1-16-10-11-5-7-14(8-6-11)20(18,19)17-13-4-2-3-12(15)9-13/h2-9,16H,10H2,1H3/q-1/p+1. The first-order chi connectivity index (χ1) is 9.51. The molecule has 0 saturated heterocycles. The molecule has 0 aliphatic heterocycles. The van der Waals surface area contributed by atoms with Crippen molar-refractivity contribution in [1.82, 2.24) is 0 Å². The van der Waals surface area contributed by atoms with Crippen LogP contribution in [0.15, 0.2) is 53.4 Å². The van der Waals surface area contributed by atoms with E-state index in [1.54, 1.807) is 12.1 Å². The van der Waals surface area contributed by atoms with E-state index in [1.807, 2.05) is 12.4 Å². The predicted octanol–water partition coefficient (Wildman–Crippen LogP) is 1.91. The monoisotopic (exact) mass is 294 g/mol. The third-order valence-corrected chi connectivity index (χ3v) is 4.01. The molecule has 0 radical (unpaired) electrons. The summed E-state index contributed by atoms with van der Waals surface area (Å²) in [7, 11) is -1.88. The van der Waals surface area contributed by atoms with E-state index >= 15 is 0 Å². The van der Waals surface area contributed by atoms with Gasteiger partial charge in [-0.1, -0.05) is 24.3 Å². The number of nitrogens with zero attached hydrogens (tertiary/aromatic N) is 1. The maximum Gasteiger partial charge on any atom is 0.123 e. The molecular formula is C14H15FN2O2S. The maximum absolute atomic E-state index is 13.0. The summed E-state index contributed by atoms with van der Waals surface area (Å²) in [6.07, 6.45) is 0. The van der Waals surface area contributed by atoms with Gasteiger partial charge in [-0.25, -0.2) is 12.8 Å². The summed E-state index contributed by atoms with van der Waals surface area (Å²) >= 11 is 0. The van der Waals surface area contributed by atoms with E-state index in [4.69, 9.17) is 0 Å². The van der Waals surface area contributed by atoms with Crippen molar-refractivity contribution in [2.75, 3.05) is 7.05 Å². The molecule has 6 heteroatoms. The van der Waals surface area contributed by atoms with Crippen molar-refractivity contribution >= 4 is 15.7 Å². The van der Waals surface area contributed by atoms with Crippen LogP contribution in [0.2, 0.25) is 0 Å². The third-order valence-electron chi connectivity index (χ3n) is 2.69. The highest BCUT2D eigenvalue weighted by molar-refractivity contribution is 7.94. The second-order valence-electron chi connectivity index (χ2n) is 4.30. The fourth-order valence-electron chi connectivity index (χ4n) is 1.76. The number of sulfonamides is 1. The highest BCUT2D eigenvalue weighted by Crippen LogP contribution is 2.27. The van der Waals surface area contributed by atoms with E-state index < -0.39 is 15.8 Å². The predicted molar refractivity (Wildman–Crippen MR) is 74.6 cm³/mol. The highest BCUT2D eigenvalue weighted by atomic mass is 32.2. The maximum atomic E-state index is 13.0. The lowest BCUT2D eigenvalue weighted by Gasteiger charge is -2.21. The lowest BCUT2D eigenvalue weighted by Crippen LogP contribution is -2.77. The summed E-state index contributed by atoms with van der Waals surface area (Å²) in [5.41, 5.74) is 1.10. The molecule has 4 nitrogen and oxygen atoms in total. The van der Waals surface area contributed by atoms with Gasteiger partial charge in [0.1, 0.15) is 22.4 Å². The second-order valence-corrected chi connectivity index (χ2v) is 5.91. The Morgan fingerprint density at radius 2 is 1.85 bits per heavy atom. The Balaban J connectivity index is 2.21. The molecule has 0 aliphatic carbocycles. The summed E-state index contributed by atoms with van der Waals surface area (Å²) in [6, 6.07) is 11.7. The molecular weight excluding hydrogens is 279 g/mol. The number of rotatable bonds is 5. The van der Waals surface area contributed by atoms with E-state index in [2.05, 4.69) is 4.72 Å². The number of hydrogen-bond acceptors (Lipinski definition) is 2. The number of benzene rings is 2. The van der Waals surface area contributed by atoms with Gasteiger partial charge in [0.15, 0.2) is 0 Å². The molecule has 0 amide bonds. The Morgan fingerprint density at radius 1 is 1.15 bits per heavy atom. The molecule has 0 bridgehead atoms. The molecule has 106 valence electrons. The number of halogens is 1. The van der Waals surface area contributed by atoms with Crippen molar-refractivity contribution in [3.8, 4) is 0 Å². The van der Waals surface area contributed by atoms with Crippen molar-refractivity contribution in [3.05, 3.63) is 64.6 Å². The summed E-state index contributed by atoms with van der Waals surface area (Å²) in [5, 5.41) is 1.99. The summed E-state index contributed by atoms with van der Waals surface area (Å²) < 4.78 is 40.8. The van der Waals surface area contributed by atoms with Gasteiger partial charge in [0, 0.05) is 5.56 Å². The molecule has 0 aromatic heterocycles. The van der Waals surface area contributed by atoms with Crippen LogP contribution in [0.5, 0.6) is 0 Å². The normalized spacial score (nSPS) is 11.3. The van der Waals surface area contributed by atoms with Gasteiger partial charge in [-0.2, -0.15) is 0 Å². The Morgan fingerprint density at radius 3 is 2.45 bits per heavy atom. The van der Waals surface area contributed by atoms with Crippen molar-refractivity contribution < 1.29 is 18.1 Å². The second kappa shape index (κ2) is 6.02. The average Bonchev–Trinajstić information content (AvgIpc) is 2.39. The number of nitrogens with two attached hydrogens (primary N) is 1. The van der Waals surface area contributed by atoms with E-state index in [-0.39, 0.29) is 10.6 Å². The average molecular weight is 294 g/mol. The van der Waals surface area contributed by atoms with E-state index in [1.165, 1.54) is 30.3 Å². The van der Waals surface area contributed by atoms with Gasteiger partial charge in [-0.05, 0) is 24.3 Å². The minimum atomic E-state index is -3.81. The van der Waals surface area contributed by atoms with Crippen LogP contribution < -0.4 is 5.32 Å². The third kappa shape index (κ3) is 3.55. The first kappa shape index (κ1) is 14.5. The number of quaternary nitrogens is 1. The molecule has 0 unspecified atom stereocenters. The van der Waals surface area contributed by atoms with Crippen LogP contribution >= 0.6 is 0 Å². The fourth-order valence-corrected chi connectivity index (χ4v) is 2.73. The van der Waals surface area contributed by atoms with Crippen LogP contribution in [0, 0.1) is 5.82 Å². The molecule has 0 fully saturated rings. The minimum Gasteiger partial charge on any atom is -0.573 e. The van der Waals surface area contributed by atoms with Crippen molar-refractivity contribution in [3.63, 3.8) is 0 Å². The van der Waals surface area contributed by atoms with Gasteiger partial charge in [0.2, 0.25) is 0 Å². The molecule has 20 heavy (non-hydrogen) atoms. The lowest BCUT2D eigenvalue weighted by molar-refractivity contribution is -0.643.